The van der Waals surface area contributed by atoms with Crippen LogP contribution in [0, 0.1) is 0 Å². The van der Waals surface area contributed by atoms with E-state index in [1.807, 2.05) is 23.1 Å². The molecular weight excluding hydrogens is 308 g/mol. The second-order valence-electron chi connectivity index (χ2n) is 4.95. The highest BCUT2D eigenvalue weighted by molar-refractivity contribution is 8.01. The van der Waals surface area contributed by atoms with Gasteiger partial charge in [0.15, 0.2) is 0 Å². The summed E-state index contributed by atoms with van der Waals surface area (Å²) in [6.07, 6.45) is 3.47. The average molecular weight is 332 g/mol. The van der Waals surface area contributed by atoms with Gasteiger partial charge in [-0.2, -0.15) is 0 Å². The normalized spacial score (nSPS) is 21.4. The minimum Gasteiger partial charge on any atom is -0.385 e. The van der Waals surface area contributed by atoms with Gasteiger partial charge in [0.25, 0.3) is 0 Å². The van der Waals surface area contributed by atoms with Crippen LogP contribution in [0.15, 0.2) is 15.7 Å². The van der Waals surface area contributed by atoms with E-state index in [2.05, 4.69) is 11.4 Å². The van der Waals surface area contributed by atoms with Crippen molar-refractivity contribution in [2.75, 3.05) is 40.8 Å². The number of ether oxygens (including phenoxy) is 4. The molecular formula is C15H24O4S2. The summed E-state index contributed by atoms with van der Waals surface area (Å²) in [4.78, 5) is 0. The lowest BCUT2D eigenvalue weighted by Gasteiger charge is -2.29. The topological polar surface area (TPSA) is 36.9 Å². The van der Waals surface area contributed by atoms with Crippen molar-refractivity contribution in [2.24, 2.45) is 0 Å². The van der Waals surface area contributed by atoms with Crippen LogP contribution < -0.4 is 0 Å². The Morgan fingerprint density at radius 1 is 1.19 bits per heavy atom. The standard InChI is InChI=1S/C15H24O4S2/c1-16-6-3-4-12-10-14(19-11-18-8-7-17-2)13-5-9-20-15(13)21-12/h5,9,12,14H,3-4,6-8,10-11H2,1-2H3. The quantitative estimate of drug-likeness (QED) is 0.482. The molecule has 0 saturated carbocycles. The number of rotatable bonds is 10. The molecule has 2 heterocycles. The number of hydrogen-bond acceptors (Lipinski definition) is 6. The number of fused-ring (bicyclic) bond motifs is 1. The summed E-state index contributed by atoms with van der Waals surface area (Å²) in [5.74, 6) is 0. The highest BCUT2D eigenvalue weighted by Crippen LogP contribution is 2.46. The van der Waals surface area contributed by atoms with E-state index in [0.29, 0.717) is 25.3 Å². The molecule has 0 bridgehead atoms. The third kappa shape index (κ3) is 5.54. The minimum atomic E-state index is 0.155. The average Bonchev–Trinajstić information content (AvgIpc) is 2.96. The van der Waals surface area contributed by atoms with Crippen molar-refractivity contribution in [1.82, 2.24) is 0 Å². The fourth-order valence-corrected chi connectivity index (χ4v) is 4.99. The second-order valence-corrected chi connectivity index (χ2v) is 7.43. The summed E-state index contributed by atoms with van der Waals surface area (Å²) in [6, 6.07) is 2.18. The molecule has 0 aromatic carbocycles. The molecule has 0 N–H and O–H groups in total. The fraction of sp³-hybridized carbons (Fsp3) is 0.733. The van der Waals surface area contributed by atoms with E-state index in [-0.39, 0.29) is 6.10 Å². The highest BCUT2D eigenvalue weighted by Gasteiger charge is 2.29. The third-order valence-electron chi connectivity index (χ3n) is 3.41. The van der Waals surface area contributed by atoms with Gasteiger partial charge < -0.3 is 18.9 Å². The molecule has 6 heteroatoms. The van der Waals surface area contributed by atoms with Crippen molar-refractivity contribution in [1.29, 1.82) is 0 Å². The zero-order chi connectivity index (χ0) is 14.9. The summed E-state index contributed by atoms with van der Waals surface area (Å²) in [6.45, 7) is 2.34. The smallest absolute Gasteiger partial charge is 0.147 e. The minimum absolute atomic E-state index is 0.155. The van der Waals surface area contributed by atoms with Gasteiger partial charge in [0, 0.05) is 31.6 Å². The maximum atomic E-state index is 5.94. The van der Waals surface area contributed by atoms with Gasteiger partial charge >= 0.3 is 0 Å². The van der Waals surface area contributed by atoms with Crippen molar-refractivity contribution in [3.8, 4) is 0 Å². The van der Waals surface area contributed by atoms with Gasteiger partial charge in [-0.3, -0.25) is 0 Å². The zero-order valence-electron chi connectivity index (χ0n) is 12.7. The molecule has 1 aromatic heterocycles. The first kappa shape index (κ1) is 17.2. The van der Waals surface area contributed by atoms with Gasteiger partial charge in [-0.15, -0.1) is 23.1 Å². The van der Waals surface area contributed by atoms with Crippen LogP contribution in [-0.2, 0) is 18.9 Å². The van der Waals surface area contributed by atoms with Crippen LogP contribution in [0.25, 0.3) is 0 Å². The van der Waals surface area contributed by atoms with Gasteiger partial charge in [0.2, 0.25) is 0 Å². The Morgan fingerprint density at radius 2 is 2.05 bits per heavy atom. The summed E-state index contributed by atoms with van der Waals surface area (Å²) in [5.41, 5.74) is 1.32. The molecule has 0 fully saturated rings. The second kappa shape index (κ2) is 9.82. The van der Waals surface area contributed by atoms with E-state index in [1.54, 1.807) is 14.2 Å². The van der Waals surface area contributed by atoms with Crippen molar-refractivity contribution in [3.05, 3.63) is 17.0 Å². The Hall–Kier alpha value is -0.110. The van der Waals surface area contributed by atoms with Gasteiger partial charge in [0.1, 0.15) is 6.79 Å². The van der Waals surface area contributed by atoms with E-state index in [0.717, 1.165) is 19.4 Å². The van der Waals surface area contributed by atoms with Crippen molar-refractivity contribution in [2.45, 2.75) is 34.8 Å². The lowest BCUT2D eigenvalue weighted by atomic mass is 10.0. The van der Waals surface area contributed by atoms with Gasteiger partial charge in [-0.05, 0) is 30.7 Å². The number of thioether (sulfide) groups is 1. The number of hydrogen-bond donors (Lipinski definition) is 0. The molecule has 2 unspecified atom stereocenters. The molecule has 0 aliphatic carbocycles. The van der Waals surface area contributed by atoms with Crippen LogP contribution in [-0.4, -0.2) is 46.1 Å². The fourth-order valence-electron chi connectivity index (χ4n) is 2.33. The van der Waals surface area contributed by atoms with Gasteiger partial charge in [0.05, 0.1) is 23.5 Å². The van der Waals surface area contributed by atoms with Crippen LogP contribution in [0.3, 0.4) is 0 Å². The first-order chi connectivity index (χ1) is 10.3. The number of methoxy groups -OCH3 is 2. The van der Waals surface area contributed by atoms with Crippen molar-refractivity contribution < 1.29 is 18.9 Å². The first-order valence-electron chi connectivity index (χ1n) is 7.26. The van der Waals surface area contributed by atoms with E-state index >= 15 is 0 Å². The molecule has 1 aliphatic rings. The van der Waals surface area contributed by atoms with E-state index in [9.17, 15) is 0 Å². The van der Waals surface area contributed by atoms with Crippen molar-refractivity contribution in [3.63, 3.8) is 0 Å². The maximum absolute atomic E-state index is 5.94. The lowest BCUT2D eigenvalue weighted by molar-refractivity contribution is -0.102. The SMILES string of the molecule is COCCCC1CC(OCOCCOC)c2ccsc2S1. The molecule has 120 valence electrons. The lowest BCUT2D eigenvalue weighted by Crippen LogP contribution is -2.19. The molecule has 0 amide bonds. The van der Waals surface area contributed by atoms with Crippen LogP contribution >= 0.6 is 23.1 Å². The largest absolute Gasteiger partial charge is 0.385 e. The van der Waals surface area contributed by atoms with Crippen LogP contribution in [0.5, 0.6) is 0 Å². The molecule has 1 aliphatic heterocycles. The monoisotopic (exact) mass is 332 g/mol. The molecule has 2 rings (SSSR count). The zero-order valence-corrected chi connectivity index (χ0v) is 14.3. The summed E-state index contributed by atoms with van der Waals surface area (Å²) >= 11 is 3.80. The molecule has 21 heavy (non-hydrogen) atoms. The maximum Gasteiger partial charge on any atom is 0.147 e. The summed E-state index contributed by atoms with van der Waals surface area (Å²) in [5, 5.41) is 2.76. The Morgan fingerprint density at radius 3 is 2.86 bits per heavy atom. The number of thiophene rings is 1. The van der Waals surface area contributed by atoms with Crippen LogP contribution in [0.1, 0.15) is 30.9 Å². The van der Waals surface area contributed by atoms with Crippen LogP contribution in [0.2, 0.25) is 0 Å². The van der Waals surface area contributed by atoms with Crippen molar-refractivity contribution >= 4 is 23.1 Å². The summed E-state index contributed by atoms with van der Waals surface area (Å²) < 4.78 is 22.9. The Bertz CT molecular complexity index is 397. The molecule has 0 spiro atoms. The van der Waals surface area contributed by atoms with E-state index < -0.39 is 0 Å². The Kier molecular flexibility index (Phi) is 8.06. The van der Waals surface area contributed by atoms with Gasteiger partial charge in [-0.1, -0.05) is 0 Å². The molecule has 0 saturated heterocycles. The molecule has 0 radical (unpaired) electrons. The van der Waals surface area contributed by atoms with Crippen LogP contribution in [0.4, 0.5) is 0 Å². The molecule has 4 nitrogen and oxygen atoms in total. The third-order valence-corrected chi connectivity index (χ3v) is 5.93. The highest BCUT2D eigenvalue weighted by atomic mass is 32.2. The van der Waals surface area contributed by atoms with E-state index in [1.165, 1.54) is 16.2 Å². The molecule has 1 aromatic rings. The Balaban J connectivity index is 1.81. The first-order valence-corrected chi connectivity index (χ1v) is 9.02. The van der Waals surface area contributed by atoms with Gasteiger partial charge in [-0.25, -0.2) is 0 Å². The predicted octanol–water partition coefficient (Wildman–Crippen LogP) is 3.72. The summed E-state index contributed by atoms with van der Waals surface area (Å²) in [7, 11) is 3.43. The Labute approximate surface area is 135 Å². The molecule has 2 atom stereocenters. The van der Waals surface area contributed by atoms with E-state index in [4.69, 9.17) is 18.9 Å². The predicted molar refractivity (Wildman–Crippen MR) is 86.2 cm³/mol.